The van der Waals surface area contributed by atoms with Crippen molar-refractivity contribution in [2.75, 3.05) is 13.7 Å². The number of ether oxygens (including phenoxy) is 2. The van der Waals surface area contributed by atoms with E-state index in [2.05, 4.69) is 10.2 Å². The van der Waals surface area contributed by atoms with E-state index in [-0.39, 0.29) is 12.5 Å². The summed E-state index contributed by atoms with van der Waals surface area (Å²) < 4.78 is 16.0. The van der Waals surface area contributed by atoms with Crippen LogP contribution in [0.3, 0.4) is 0 Å². The molecule has 1 fully saturated rings. The first-order valence-electron chi connectivity index (χ1n) is 9.15. The highest BCUT2D eigenvalue weighted by molar-refractivity contribution is 5.78. The summed E-state index contributed by atoms with van der Waals surface area (Å²) in [6.07, 6.45) is 3.37. The summed E-state index contributed by atoms with van der Waals surface area (Å²) in [5, 5.41) is 7.53. The minimum Gasteiger partial charge on any atom is -0.497 e. The van der Waals surface area contributed by atoms with Crippen LogP contribution in [-0.2, 0) is 11.3 Å². The Hall–Kier alpha value is -3.35. The van der Waals surface area contributed by atoms with Crippen molar-refractivity contribution >= 4 is 5.91 Å². The predicted molar refractivity (Wildman–Crippen MR) is 102 cm³/mol. The van der Waals surface area contributed by atoms with Crippen LogP contribution in [0.4, 0.5) is 0 Å². The Kier molecular flexibility index (Phi) is 5.23. The fourth-order valence-corrected chi connectivity index (χ4v) is 2.96. The molecule has 0 spiro atoms. The average molecular weight is 379 g/mol. The Labute approximate surface area is 162 Å². The fraction of sp³-hybridized carbons (Fsp3) is 0.286. The summed E-state index contributed by atoms with van der Waals surface area (Å²) in [5.74, 6) is 1.86. The van der Waals surface area contributed by atoms with Gasteiger partial charge in [0.1, 0.15) is 11.5 Å². The number of amides is 1. The molecule has 4 rings (SSSR count). The zero-order valence-corrected chi connectivity index (χ0v) is 15.6. The Morgan fingerprint density at radius 2 is 1.82 bits per heavy atom. The molecule has 0 saturated heterocycles. The van der Waals surface area contributed by atoms with Gasteiger partial charge in [-0.3, -0.25) is 4.79 Å². The lowest BCUT2D eigenvalue weighted by Gasteiger charge is -2.23. The molecule has 3 aromatic rings. The fourth-order valence-electron chi connectivity index (χ4n) is 2.96. The van der Waals surface area contributed by atoms with Gasteiger partial charge in [0.2, 0.25) is 12.3 Å². The molecule has 2 aromatic carbocycles. The highest BCUT2D eigenvalue weighted by Crippen LogP contribution is 2.29. The molecular weight excluding hydrogens is 358 g/mol. The summed E-state index contributed by atoms with van der Waals surface area (Å²) in [7, 11) is 1.64. The Morgan fingerprint density at radius 3 is 2.43 bits per heavy atom. The normalized spacial score (nSPS) is 13.2. The van der Waals surface area contributed by atoms with E-state index in [1.165, 1.54) is 6.39 Å². The van der Waals surface area contributed by atoms with Crippen LogP contribution in [0.25, 0.3) is 11.5 Å². The highest BCUT2D eigenvalue weighted by atomic mass is 16.5. The second kappa shape index (κ2) is 8.12. The third kappa shape index (κ3) is 4.31. The molecule has 0 bridgehead atoms. The molecule has 1 aromatic heterocycles. The van der Waals surface area contributed by atoms with Gasteiger partial charge in [0, 0.05) is 18.2 Å². The van der Waals surface area contributed by atoms with Crippen molar-refractivity contribution in [1.82, 2.24) is 15.1 Å². The average Bonchev–Trinajstić information content (AvgIpc) is 3.43. The van der Waals surface area contributed by atoms with Crippen LogP contribution in [-0.4, -0.2) is 40.8 Å². The number of hydrogen-bond donors (Lipinski definition) is 0. The summed E-state index contributed by atoms with van der Waals surface area (Å²) in [5.41, 5.74) is 1.88. The van der Waals surface area contributed by atoms with Crippen LogP contribution in [0.2, 0.25) is 0 Å². The van der Waals surface area contributed by atoms with E-state index in [1.54, 1.807) is 19.2 Å². The molecule has 144 valence electrons. The van der Waals surface area contributed by atoms with Crippen LogP contribution >= 0.6 is 0 Å². The van der Waals surface area contributed by atoms with E-state index >= 15 is 0 Å². The van der Waals surface area contributed by atoms with Crippen molar-refractivity contribution in [1.29, 1.82) is 0 Å². The number of aromatic nitrogens is 2. The zero-order chi connectivity index (χ0) is 19.3. The molecule has 0 N–H and O–H groups in total. The van der Waals surface area contributed by atoms with Crippen molar-refractivity contribution in [2.45, 2.75) is 25.4 Å². The van der Waals surface area contributed by atoms with E-state index < -0.39 is 0 Å². The first kappa shape index (κ1) is 18.0. The lowest BCUT2D eigenvalue weighted by molar-refractivity contribution is -0.134. The topological polar surface area (TPSA) is 77.7 Å². The van der Waals surface area contributed by atoms with Crippen molar-refractivity contribution in [3.8, 4) is 23.0 Å². The van der Waals surface area contributed by atoms with Gasteiger partial charge >= 0.3 is 0 Å². The molecule has 0 unspecified atom stereocenters. The Bertz CT molecular complexity index is 904. The summed E-state index contributed by atoms with van der Waals surface area (Å²) in [6, 6.07) is 15.3. The van der Waals surface area contributed by atoms with E-state index in [0.29, 0.717) is 24.2 Å². The molecule has 1 aliphatic rings. The van der Waals surface area contributed by atoms with Crippen LogP contribution in [0, 0.1) is 0 Å². The van der Waals surface area contributed by atoms with Gasteiger partial charge in [-0.25, -0.2) is 0 Å². The van der Waals surface area contributed by atoms with Crippen molar-refractivity contribution < 1.29 is 18.7 Å². The number of carbonyl (C=O) groups excluding carboxylic acids is 1. The van der Waals surface area contributed by atoms with E-state index in [4.69, 9.17) is 13.9 Å². The van der Waals surface area contributed by atoms with E-state index in [1.807, 2.05) is 41.3 Å². The van der Waals surface area contributed by atoms with E-state index in [0.717, 1.165) is 29.7 Å². The first-order valence-corrected chi connectivity index (χ1v) is 9.15. The smallest absolute Gasteiger partial charge is 0.261 e. The van der Waals surface area contributed by atoms with E-state index in [9.17, 15) is 4.79 Å². The molecule has 0 aliphatic heterocycles. The summed E-state index contributed by atoms with van der Waals surface area (Å²) >= 11 is 0. The number of benzene rings is 2. The molecule has 0 radical (unpaired) electrons. The van der Waals surface area contributed by atoms with Gasteiger partial charge in [-0.05, 0) is 54.8 Å². The quantitative estimate of drug-likeness (QED) is 0.598. The van der Waals surface area contributed by atoms with Crippen LogP contribution < -0.4 is 9.47 Å². The standard InChI is InChI=1S/C21H21N3O4/c1-26-18-8-2-15(3-9-18)12-24(17-6-7-17)20(25)13-27-19-10-4-16(5-11-19)21-23-22-14-28-21/h2-5,8-11,14,17H,6-7,12-13H2,1H3. The number of hydrogen-bond acceptors (Lipinski definition) is 6. The van der Waals surface area contributed by atoms with Crippen molar-refractivity contribution in [2.24, 2.45) is 0 Å². The maximum atomic E-state index is 12.7. The Balaban J connectivity index is 1.35. The van der Waals surface area contributed by atoms with Gasteiger partial charge in [-0.15, -0.1) is 10.2 Å². The maximum Gasteiger partial charge on any atom is 0.261 e. The van der Waals surface area contributed by atoms with Gasteiger partial charge in [0.25, 0.3) is 5.91 Å². The molecule has 28 heavy (non-hydrogen) atoms. The number of rotatable bonds is 8. The second-order valence-electron chi connectivity index (χ2n) is 6.66. The SMILES string of the molecule is COc1ccc(CN(C(=O)COc2ccc(-c3nnco3)cc2)C2CC2)cc1. The largest absolute Gasteiger partial charge is 0.497 e. The molecule has 7 heteroatoms. The van der Waals surface area contributed by atoms with Crippen molar-refractivity contribution in [3.05, 3.63) is 60.5 Å². The predicted octanol–water partition coefficient (Wildman–Crippen LogP) is 3.32. The summed E-state index contributed by atoms with van der Waals surface area (Å²) in [4.78, 5) is 14.6. The van der Waals surface area contributed by atoms with Gasteiger partial charge in [0.05, 0.1) is 7.11 Å². The minimum absolute atomic E-state index is 0.00651. The lowest BCUT2D eigenvalue weighted by Crippen LogP contribution is -2.36. The van der Waals surface area contributed by atoms with Crippen LogP contribution in [0.5, 0.6) is 11.5 Å². The molecule has 7 nitrogen and oxygen atoms in total. The van der Waals surface area contributed by atoms with Crippen LogP contribution in [0.15, 0.2) is 59.3 Å². The van der Waals surface area contributed by atoms with Gasteiger partial charge in [-0.2, -0.15) is 0 Å². The number of methoxy groups -OCH3 is 1. The first-order chi connectivity index (χ1) is 13.7. The zero-order valence-electron chi connectivity index (χ0n) is 15.6. The Morgan fingerprint density at radius 1 is 1.11 bits per heavy atom. The molecule has 1 saturated carbocycles. The highest BCUT2D eigenvalue weighted by Gasteiger charge is 2.32. The number of carbonyl (C=O) groups is 1. The third-order valence-corrected chi connectivity index (χ3v) is 4.64. The monoisotopic (exact) mass is 379 g/mol. The van der Waals surface area contributed by atoms with Crippen molar-refractivity contribution in [3.63, 3.8) is 0 Å². The molecular formula is C21H21N3O4. The molecule has 1 amide bonds. The molecule has 0 atom stereocenters. The van der Waals surface area contributed by atoms with Gasteiger partial charge in [-0.1, -0.05) is 12.1 Å². The third-order valence-electron chi connectivity index (χ3n) is 4.64. The summed E-state index contributed by atoms with van der Waals surface area (Å²) in [6.45, 7) is 0.583. The van der Waals surface area contributed by atoms with Gasteiger partial charge in [0.15, 0.2) is 6.61 Å². The minimum atomic E-state index is -0.0145. The molecule has 1 heterocycles. The van der Waals surface area contributed by atoms with Gasteiger partial charge < -0.3 is 18.8 Å². The maximum absolute atomic E-state index is 12.7. The molecule has 1 aliphatic carbocycles. The second-order valence-corrected chi connectivity index (χ2v) is 6.66. The lowest BCUT2D eigenvalue weighted by atomic mass is 10.2. The van der Waals surface area contributed by atoms with Crippen LogP contribution in [0.1, 0.15) is 18.4 Å². The number of nitrogens with zero attached hydrogens (tertiary/aromatic N) is 3.